The van der Waals surface area contributed by atoms with E-state index in [1.807, 2.05) is 0 Å². The molecule has 1 N–H and O–H groups in total. The van der Waals surface area contributed by atoms with Crippen molar-refractivity contribution in [2.24, 2.45) is 0 Å². The molecule has 0 aliphatic carbocycles. The Labute approximate surface area is 206 Å². The average molecular weight is 734 g/mol. The average Bonchev–Trinajstić information content (AvgIpc) is 2.63. The van der Waals surface area contributed by atoms with Gasteiger partial charge >= 0.3 is 66.3 Å². The van der Waals surface area contributed by atoms with Crippen LogP contribution in [-0.2, 0) is 19.0 Å². The van der Waals surface area contributed by atoms with Gasteiger partial charge in [0.05, 0.1) is 4.43 Å². The molecule has 0 fully saturated rings. The van der Waals surface area contributed by atoms with Crippen LogP contribution >= 0.6 is 22.6 Å². The van der Waals surface area contributed by atoms with E-state index in [2.05, 4.69) is 0 Å². The zero-order chi connectivity index (χ0) is 31.4. The predicted molar refractivity (Wildman–Crippen MR) is 79.2 cm³/mol. The highest BCUT2D eigenvalue weighted by molar-refractivity contribution is 14.1. The fourth-order valence-electron chi connectivity index (χ4n) is 1.60. The molecule has 0 aliphatic rings. The first-order valence-electron chi connectivity index (χ1n) is 7.80. The number of hydrogen-bond donors (Lipinski definition) is 1. The Hall–Kier alpha value is -1.32. The number of carboxylic acids is 1. The third-order valence-corrected chi connectivity index (χ3v) is 4.48. The highest BCUT2D eigenvalue weighted by Gasteiger charge is 2.87. The van der Waals surface area contributed by atoms with E-state index >= 15 is 0 Å². The van der Waals surface area contributed by atoms with Crippen LogP contribution < -0.4 is 0 Å². The number of carbonyl (C=O) groups is 1. The molecular formula is C12H3F20IO5. The quantitative estimate of drug-likeness (QED) is 0.146. The van der Waals surface area contributed by atoms with Crippen LogP contribution in [0.4, 0.5) is 87.8 Å². The Morgan fingerprint density at radius 2 is 0.816 bits per heavy atom. The van der Waals surface area contributed by atoms with Crippen LogP contribution in [0.2, 0.25) is 0 Å². The molecule has 38 heavy (non-hydrogen) atoms. The normalized spacial score (nSPS) is 19.9. The lowest BCUT2D eigenvalue weighted by atomic mass is 10.2. The predicted octanol–water partition coefficient (Wildman–Crippen LogP) is 6.65. The number of hydrogen-bond acceptors (Lipinski definition) is 4. The maximum Gasteiger partial charge on any atom is 0.460 e. The zero-order valence-corrected chi connectivity index (χ0v) is 18.4. The number of ether oxygens (including phenoxy) is 3. The molecule has 228 valence electrons. The van der Waals surface area contributed by atoms with E-state index in [1.165, 1.54) is 9.47 Å². The van der Waals surface area contributed by atoms with E-state index in [1.54, 1.807) is 4.74 Å². The minimum absolute atomic E-state index is 0.184. The smallest absolute Gasteiger partial charge is 0.460 e. The molecule has 0 amide bonds. The Bertz CT molecular complexity index is 868. The van der Waals surface area contributed by atoms with Gasteiger partial charge in [-0.3, -0.25) is 14.2 Å². The molecule has 3 unspecified atom stereocenters. The maximum atomic E-state index is 14.1. The summed E-state index contributed by atoms with van der Waals surface area (Å²) in [4.78, 5) is 10.2. The van der Waals surface area contributed by atoms with Gasteiger partial charge in [-0.05, 0) is 0 Å². The lowest BCUT2D eigenvalue weighted by Crippen LogP contribution is -2.70. The number of rotatable bonds is 11. The summed E-state index contributed by atoms with van der Waals surface area (Å²) in [5.41, 5.74) is 0. The molecule has 0 aliphatic heterocycles. The summed E-state index contributed by atoms with van der Waals surface area (Å²) in [7, 11) is 0. The van der Waals surface area contributed by atoms with Crippen LogP contribution in [0.15, 0.2) is 0 Å². The Kier molecular flexibility index (Phi) is 9.60. The van der Waals surface area contributed by atoms with Gasteiger partial charge in [-0.2, -0.15) is 87.8 Å². The van der Waals surface area contributed by atoms with Crippen molar-refractivity contribution in [3.63, 3.8) is 0 Å². The molecule has 0 spiro atoms. The van der Waals surface area contributed by atoms with Crippen molar-refractivity contribution in [2.45, 2.75) is 60.3 Å². The molecule has 5 nitrogen and oxygen atoms in total. The fraction of sp³-hybridized carbons (Fsp3) is 0.917. The highest BCUT2D eigenvalue weighted by Crippen LogP contribution is 2.58. The summed E-state index contributed by atoms with van der Waals surface area (Å²) in [6, 6.07) is 0. The molecule has 0 aromatic carbocycles. The van der Waals surface area contributed by atoms with E-state index in [0.717, 1.165) is 0 Å². The first-order valence-corrected chi connectivity index (χ1v) is 9.33. The van der Waals surface area contributed by atoms with Crippen molar-refractivity contribution in [3.05, 3.63) is 0 Å². The summed E-state index contributed by atoms with van der Waals surface area (Å²) in [5, 5.41) is 7.97. The molecule has 0 radical (unpaired) electrons. The minimum Gasteiger partial charge on any atom is -0.477 e. The summed E-state index contributed by atoms with van der Waals surface area (Å²) in [6.45, 7) is 0. The molecule has 0 rings (SSSR count). The third kappa shape index (κ3) is 6.20. The van der Waals surface area contributed by atoms with Crippen LogP contribution in [0.3, 0.4) is 0 Å². The molecule has 26 heteroatoms. The van der Waals surface area contributed by atoms with Gasteiger partial charge in [0.1, 0.15) is 0 Å². The van der Waals surface area contributed by atoms with Gasteiger partial charge in [-0.15, -0.1) is 0 Å². The lowest BCUT2D eigenvalue weighted by molar-refractivity contribution is -0.573. The third-order valence-electron chi connectivity index (χ3n) is 3.52. The largest absolute Gasteiger partial charge is 0.477 e. The van der Waals surface area contributed by atoms with Crippen LogP contribution in [0.25, 0.3) is 0 Å². The molecule has 0 saturated heterocycles. The zero-order valence-electron chi connectivity index (χ0n) is 16.2. The minimum atomic E-state index is -8.41. The molecule has 0 bridgehead atoms. The van der Waals surface area contributed by atoms with E-state index in [4.69, 9.17) is 5.11 Å². The van der Waals surface area contributed by atoms with Crippen LogP contribution in [0, 0.1) is 0 Å². The van der Waals surface area contributed by atoms with Gasteiger partial charge in [0.2, 0.25) is 0 Å². The fourth-order valence-corrected chi connectivity index (χ4v) is 2.04. The summed E-state index contributed by atoms with van der Waals surface area (Å²) >= 11 is 0.184. The standard InChI is InChI=1S/C12H3F20IO5/c13-3(14,1-33)10(27,28)37-6(17,9(24,25)26)12(31,32)38-5(16,8(21,22)23)11(29,30)36-4(15,2(34)35)7(18,19)20/h1H2,(H,34,35). The second-order valence-electron chi connectivity index (χ2n) is 6.28. The molecular weight excluding hydrogens is 731 g/mol. The number of aliphatic carboxylic acids is 1. The Morgan fingerprint density at radius 3 is 1.05 bits per heavy atom. The van der Waals surface area contributed by atoms with Crippen molar-refractivity contribution in [1.82, 2.24) is 0 Å². The van der Waals surface area contributed by atoms with Crippen molar-refractivity contribution in [2.75, 3.05) is 4.43 Å². The second kappa shape index (κ2) is 9.95. The maximum absolute atomic E-state index is 14.1. The number of carboxylic acid groups (broad SMARTS) is 1. The van der Waals surface area contributed by atoms with Gasteiger partial charge in [0.25, 0.3) is 0 Å². The van der Waals surface area contributed by atoms with E-state index in [0.29, 0.717) is 0 Å². The van der Waals surface area contributed by atoms with Gasteiger partial charge < -0.3 is 5.11 Å². The van der Waals surface area contributed by atoms with Crippen molar-refractivity contribution >= 4 is 28.6 Å². The SMILES string of the molecule is O=C(O)C(F)(OC(F)(F)C(F)(OC(F)(F)C(F)(OC(F)(F)C(F)(F)CI)C(F)(F)F)C(F)(F)F)C(F)(F)F. The van der Waals surface area contributed by atoms with Gasteiger partial charge in [-0.1, -0.05) is 22.6 Å². The highest BCUT2D eigenvalue weighted by atomic mass is 127. The summed E-state index contributed by atoms with van der Waals surface area (Å²) < 4.78 is 265. The first-order chi connectivity index (χ1) is 16.1. The monoisotopic (exact) mass is 734 g/mol. The molecule has 0 aromatic rings. The summed E-state index contributed by atoms with van der Waals surface area (Å²) in [6.07, 6.45) is -47.5. The Balaban J connectivity index is 7.13. The van der Waals surface area contributed by atoms with Crippen molar-refractivity contribution < 1.29 is 112 Å². The van der Waals surface area contributed by atoms with E-state index in [-0.39, 0.29) is 22.6 Å². The molecule has 0 aromatic heterocycles. The number of halogens is 21. The van der Waals surface area contributed by atoms with Crippen LogP contribution in [0.5, 0.6) is 0 Å². The van der Waals surface area contributed by atoms with Crippen LogP contribution in [-0.4, -0.2) is 75.8 Å². The van der Waals surface area contributed by atoms with Gasteiger partial charge in [0, 0.05) is 0 Å². The van der Waals surface area contributed by atoms with E-state index in [9.17, 15) is 92.6 Å². The molecule has 0 heterocycles. The van der Waals surface area contributed by atoms with Crippen molar-refractivity contribution in [3.8, 4) is 0 Å². The van der Waals surface area contributed by atoms with E-state index < -0.39 is 70.7 Å². The second-order valence-corrected chi connectivity index (χ2v) is 7.04. The number of alkyl halides is 21. The Morgan fingerprint density at radius 1 is 0.526 bits per heavy atom. The lowest BCUT2D eigenvalue weighted by Gasteiger charge is -2.42. The molecule has 0 saturated carbocycles. The summed E-state index contributed by atoms with van der Waals surface area (Å²) in [5.74, 6) is -34.3. The topological polar surface area (TPSA) is 65.0 Å². The van der Waals surface area contributed by atoms with Gasteiger partial charge in [-0.25, -0.2) is 4.79 Å². The molecule has 3 atom stereocenters. The van der Waals surface area contributed by atoms with Gasteiger partial charge in [0.15, 0.2) is 0 Å². The van der Waals surface area contributed by atoms with Crippen molar-refractivity contribution in [1.29, 1.82) is 0 Å². The van der Waals surface area contributed by atoms with Crippen LogP contribution in [0.1, 0.15) is 0 Å². The first kappa shape index (κ1) is 36.7.